The van der Waals surface area contributed by atoms with Crippen LogP contribution in [-0.4, -0.2) is 17.2 Å². The third-order valence-corrected chi connectivity index (χ3v) is 6.15. The van der Waals surface area contributed by atoms with Crippen molar-refractivity contribution in [1.29, 1.82) is 0 Å². The van der Waals surface area contributed by atoms with Gasteiger partial charge in [0.25, 0.3) is 5.91 Å². The Morgan fingerprint density at radius 2 is 1.54 bits per heavy atom. The maximum Gasteiger partial charge on any atom is 0.275 e. The first-order valence-electron chi connectivity index (χ1n) is 11.0. The van der Waals surface area contributed by atoms with Gasteiger partial charge in [0.2, 0.25) is 0 Å². The lowest BCUT2D eigenvalue weighted by Crippen LogP contribution is -2.17. The largest absolute Gasteiger partial charge is 0.507 e. The summed E-state index contributed by atoms with van der Waals surface area (Å²) >= 11 is 3.47. The van der Waals surface area contributed by atoms with Gasteiger partial charge in [0.1, 0.15) is 18.1 Å². The summed E-state index contributed by atoms with van der Waals surface area (Å²) in [6.45, 7) is 0.393. The summed E-state index contributed by atoms with van der Waals surface area (Å²) in [5, 5.41) is 18.4. The fourth-order valence-electron chi connectivity index (χ4n) is 3.87. The van der Waals surface area contributed by atoms with Gasteiger partial charge in [0.15, 0.2) is 0 Å². The molecule has 2 N–H and O–H groups in total. The van der Waals surface area contributed by atoms with Gasteiger partial charge in [-0.05, 0) is 63.5 Å². The number of hydrogen-bond donors (Lipinski definition) is 2. The highest BCUT2D eigenvalue weighted by atomic mass is 79.9. The minimum atomic E-state index is -0.502. The Hall–Kier alpha value is -4.16. The van der Waals surface area contributed by atoms with Gasteiger partial charge in [-0.25, -0.2) is 5.43 Å². The van der Waals surface area contributed by atoms with Crippen LogP contribution < -0.4 is 10.2 Å². The van der Waals surface area contributed by atoms with E-state index < -0.39 is 5.91 Å². The number of hydrogen-bond acceptors (Lipinski definition) is 4. The Labute approximate surface area is 210 Å². The van der Waals surface area contributed by atoms with Crippen LogP contribution in [0, 0.1) is 0 Å². The number of aromatic hydroxyl groups is 1. The number of ether oxygens (including phenoxy) is 1. The van der Waals surface area contributed by atoms with Gasteiger partial charge < -0.3 is 9.84 Å². The van der Waals surface area contributed by atoms with E-state index >= 15 is 0 Å². The summed E-state index contributed by atoms with van der Waals surface area (Å²) in [6, 6.07) is 30.8. The number of phenolic OH excluding ortho intramolecular Hbond substituents is 1. The first-order chi connectivity index (χ1) is 17.1. The summed E-state index contributed by atoms with van der Waals surface area (Å²) in [4.78, 5) is 12.6. The van der Waals surface area contributed by atoms with Crippen molar-refractivity contribution in [1.82, 2.24) is 5.43 Å². The number of amides is 1. The number of halogens is 1. The molecule has 0 atom stereocenters. The van der Waals surface area contributed by atoms with Gasteiger partial charge in [-0.3, -0.25) is 4.79 Å². The first-order valence-corrected chi connectivity index (χ1v) is 11.8. The SMILES string of the molecule is O=C(NN=Cc1cc(Br)ccc1OCc1ccc2ccccc2c1)c1cc2ccccc2cc1O. The molecule has 0 heterocycles. The fraction of sp³-hybridized carbons (Fsp3) is 0.0345. The third-order valence-electron chi connectivity index (χ3n) is 5.66. The summed E-state index contributed by atoms with van der Waals surface area (Å²) < 4.78 is 6.93. The van der Waals surface area contributed by atoms with Crippen molar-refractivity contribution in [2.45, 2.75) is 6.61 Å². The lowest BCUT2D eigenvalue weighted by atomic mass is 10.1. The zero-order valence-corrected chi connectivity index (χ0v) is 20.2. The summed E-state index contributed by atoms with van der Waals surface area (Å²) in [7, 11) is 0. The number of carbonyl (C=O) groups excluding carboxylic acids is 1. The predicted octanol–water partition coefficient (Wildman–Crippen LogP) is 6.80. The second kappa shape index (κ2) is 9.99. The quantitative estimate of drug-likeness (QED) is 0.189. The molecule has 1 amide bonds. The van der Waals surface area contributed by atoms with E-state index in [1.165, 1.54) is 11.6 Å². The van der Waals surface area contributed by atoms with Crippen molar-refractivity contribution in [2.75, 3.05) is 0 Å². The Balaban J connectivity index is 1.31. The number of phenols is 1. The topological polar surface area (TPSA) is 70.9 Å². The van der Waals surface area contributed by atoms with Gasteiger partial charge in [-0.2, -0.15) is 5.10 Å². The Bertz CT molecular complexity index is 1580. The fourth-order valence-corrected chi connectivity index (χ4v) is 4.25. The molecule has 0 aliphatic heterocycles. The summed E-state index contributed by atoms with van der Waals surface area (Å²) in [5.41, 5.74) is 4.40. The van der Waals surface area contributed by atoms with E-state index in [-0.39, 0.29) is 11.3 Å². The van der Waals surface area contributed by atoms with Crippen LogP contribution in [0.25, 0.3) is 21.5 Å². The third kappa shape index (κ3) is 5.18. The van der Waals surface area contributed by atoms with Crippen LogP contribution in [0.2, 0.25) is 0 Å². The van der Waals surface area contributed by atoms with E-state index in [2.05, 4.69) is 50.7 Å². The molecule has 0 saturated carbocycles. The van der Waals surface area contributed by atoms with E-state index in [0.717, 1.165) is 26.2 Å². The molecule has 5 aromatic carbocycles. The first kappa shape index (κ1) is 22.6. The zero-order valence-electron chi connectivity index (χ0n) is 18.6. The van der Waals surface area contributed by atoms with E-state index in [9.17, 15) is 9.90 Å². The lowest BCUT2D eigenvalue weighted by Gasteiger charge is -2.10. The number of hydrazone groups is 1. The molecule has 0 spiro atoms. The maximum atomic E-state index is 12.6. The molecule has 0 aliphatic carbocycles. The van der Waals surface area contributed by atoms with Gasteiger partial charge in [0, 0.05) is 10.0 Å². The van der Waals surface area contributed by atoms with Crippen LogP contribution in [0.15, 0.2) is 107 Å². The average molecular weight is 525 g/mol. The van der Waals surface area contributed by atoms with Crippen molar-refractivity contribution >= 4 is 49.6 Å². The van der Waals surface area contributed by atoms with Gasteiger partial charge in [-0.1, -0.05) is 76.6 Å². The molecule has 172 valence electrons. The van der Waals surface area contributed by atoms with Crippen molar-refractivity contribution in [3.05, 3.63) is 118 Å². The van der Waals surface area contributed by atoms with E-state index in [4.69, 9.17) is 4.74 Å². The number of nitrogens with one attached hydrogen (secondary N) is 1. The molecule has 0 saturated heterocycles. The van der Waals surface area contributed by atoms with Crippen LogP contribution in [0.1, 0.15) is 21.5 Å². The second-order valence-corrected chi connectivity index (χ2v) is 8.98. The Morgan fingerprint density at radius 3 is 2.31 bits per heavy atom. The molecule has 6 heteroatoms. The van der Waals surface area contributed by atoms with Crippen molar-refractivity contribution in [2.24, 2.45) is 5.10 Å². The van der Waals surface area contributed by atoms with Crippen molar-refractivity contribution in [3.63, 3.8) is 0 Å². The molecular weight excluding hydrogens is 504 g/mol. The van der Waals surface area contributed by atoms with Crippen LogP contribution in [-0.2, 0) is 6.61 Å². The second-order valence-electron chi connectivity index (χ2n) is 8.07. The highest BCUT2D eigenvalue weighted by Crippen LogP contribution is 2.26. The van der Waals surface area contributed by atoms with Crippen LogP contribution in [0.5, 0.6) is 11.5 Å². The van der Waals surface area contributed by atoms with Crippen molar-refractivity contribution < 1.29 is 14.6 Å². The van der Waals surface area contributed by atoms with E-state index in [0.29, 0.717) is 17.9 Å². The molecule has 5 rings (SSSR count). The highest BCUT2D eigenvalue weighted by Gasteiger charge is 2.12. The smallest absolute Gasteiger partial charge is 0.275 e. The van der Waals surface area contributed by atoms with Crippen LogP contribution in [0.4, 0.5) is 0 Å². The average Bonchev–Trinajstić information content (AvgIpc) is 2.87. The minimum absolute atomic E-state index is 0.0988. The predicted molar refractivity (Wildman–Crippen MR) is 143 cm³/mol. The highest BCUT2D eigenvalue weighted by molar-refractivity contribution is 9.10. The molecular formula is C29H21BrN2O3. The Kier molecular flexibility index (Phi) is 6.46. The zero-order chi connectivity index (χ0) is 24.2. The number of nitrogens with zero attached hydrogens (tertiary/aromatic N) is 1. The van der Waals surface area contributed by atoms with Crippen molar-refractivity contribution in [3.8, 4) is 11.5 Å². The monoisotopic (exact) mass is 524 g/mol. The molecule has 0 aliphatic rings. The molecule has 0 radical (unpaired) electrons. The van der Waals surface area contributed by atoms with Crippen LogP contribution in [0.3, 0.4) is 0 Å². The number of rotatable bonds is 6. The van der Waals surface area contributed by atoms with Gasteiger partial charge >= 0.3 is 0 Å². The van der Waals surface area contributed by atoms with Gasteiger partial charge in [-0.15, -0.1) is 0 Å². The molecule has 5 aromatic rings. The Morgan fingerprint density at radius 1 is 0.857 bits per heavy atom. The summed E-state index contributed by atoms with van der Waals surface area (Å²) in [6.07, 6.45) is 1.52. The maximum absolute atomic E-state index is 12.6. The standard InChI is InChI=1S/C29H21BrN2O3/c30-25-11-12-28(35-18-19-9-10-20-5-1-2-6-21(20)13-19)24(14-25)17-31-32-29(34)26-15-22-7-3-4-8-23(22)16-27(26)33/h1-17,33H,18H2,(H,32,34). The number of fused-ring (bicyclic) bond motifs is 2. The normalized spacial score (nSPS) is 11.2. The van der Waals surface area contributed by atoms with Crippen LogP contribution >= 0.6 is 15.9 Å². The molecule has 0 bridgehead atoms. The van der Waals surface area contributed by atoms with E-state index in [1.54, 1.807) is 12.1 Å². The summed E-state index contributed by atoms with van der Waals surface area (Å²) in [5.74, 6) is 0.0318. The van der Waals surface area contributed by atoms with E-state index in [1.807, 2.05) is 60.7 Å². The number of carbonyl (C=O) groups is 1. The minimum Gasteiger partial charge on any atom is -0.507 e. The molecule has 0 unspecified atom stereocenters. The molecule has 5 nitrogen and oxygen atoms in total. The molecule has 0 fully saturated rings. The van der Waals surface area contributed by atoms with Gasteiger partial charge in [0.05, 0.1) is 11.8 Å². The number of benzene rings is 5. The molecule has 35 heavy (non-hydrogen) atoms. The molecule has 0 aromatic heterocycles. The lowest BCUT2D eigenvalue weighted by molar-refractivity contribution is 0.0952.